The predicted octanol–water partition coefficient (Wildman–Crippen LogP) is 2.84. The maximum absolute atomic E-state index is 13.2. The molecule has 2 fully saturated rings. The van der Waals surface area contributed by atoms with Crippen molar-refractivity contribution in [3.05, 3.63) is 0 Å². The summed E-state index contributed by atoms with van der Waals surface area (Å²) in [6, 6.07) is 0. The molecule has 2 aliphatic rings. The standard InChI is InChI=1S/C15H26F2N2O/c1-11-4-2-3-7-14(11,10-18)19-13(20)12-5-8-15(16,17)9-6-12/h11-12H,2-10,18H2,1H3,(H,19,20). The molecule has 3 N–H and O–H groups in total. The third-order valence-electron chi connectivity index (χ3n) is 5.28. The summed E-state index contributed by atoms with van der Waals surface area (Å²) in [4.78, 5) is 12.4. The monoisotopic (exact) mass is 288 g/mol. The summed E-state index contributed by atoms with van der Waals surface area (Å²) in [6.07, 6.45) is 4.45. The van der Waals surface area contributed by atoms with E-state index in [1.165, 1.54) is 6.42 Å². The second kappa shape index (κ2) is 5.96. The van der Waals surface area contributed by atoms with E-state index in [4.69, 9.17) is 5.73 Å². The highest BCUT2D eigenvalue weighted by Gasteiger charge is 2.42. The molecule has 0 heterocycles. The Morgan fingerprint density at radius 3 is 2.40 bits per heavy atom. The molecule has 0 saturated heterocycles. The topological polar surface area (TPSA) is 55.1 Å². The van der Waals surface area contributed by atoms with Gasteiger partial charge in [-0.1, -0.05) is 19.8 Å². The van der Waals surface area contributed by atoms with Crippen molar-refractivity contribution in [2.75, 3.05) is 6.54 Å². The zero-order valence-corrected chi connectivity index (χ0v) is 12.3. The molecular formula is C15H26F2N2O. The predicted molar refractivity (Wildman–Crippen MR) is 74.5 cm³/mol. The third kappa shape index (κ3) is 3.30. The van der Waals surface area contributed by atoms with E-state index in [0.29, 0.717) is 12.5 Å². The lowest BCUT2D eigenvalue weighted by Crippen LogP contribution is -2.60. The first-order valence-corrected chi connectivity index (χ1v) is 7.78. The summed E-state index contributed by atoms with van der Waals surface area (Å²) in [6.45, 7) is 2.56. The Labute approximate surface area is 119 Å². The Morgan fingerprint density at radius 2 is 1.85 bits per heavy atom. The van der Waals surface area contributed by atoms with Crippen molar-refractivity contribution in [1.82, 2.24) is 5.32 Å². The highest BCUT2D eigenvalue weighted by molar-refractivity contribution is 5.79. The van der Waals surface area contributed by atoms with Gasteiger partial charge in [-0.05, 0) is 31.6 Å². The minimum absolute atomic E-state index is 0.0697. The SMILES string of the molecule is CC1CCCCC1(CN)NC(=O)C1CCC(F)(F)CC1. The number of alkyl halides is 2. The van der Waals surface area contributed by atoms with Crippen LogP contribution in [0.4, 0.5) is 8.78 Å². The molecule has 2 aliphatic carbocycles. The Kier molecular flexibility index (Phi) is 4.67. The first-order valence-electron chi connectivity index (χ1n) is 7.78. The summed E-state index contributed by atoms with van der Waals surface area (Å²) in [5.41, 5.74) is 5.59. The fraction of sp³-hybridized carbons (Fsp3) is 0.933. The number of amides is 1. The zero-order valence-electron chi connectivity index (χ0n) is 12.3. The molecular weight excluding hydrogens is 262 g/mol. The minimum atomic E-state index is -2.58. The van der Waals surface area contributed by atoms with Crippen LogP contribution in [0.1, 0.15) is 58.3 Å². The zero-order chi connectivity index (χ0) is 14.8. The van der Waals surface area contributed by atoms with Crippen LogP contribution in [-0.4, -0.2) is 23.9 Å². The van der Waals surface area contributed by atoms with Crippen molar-refractivity contribution < 1.29 is 13.6 Å². The number of carbonyl (C=O) groups is 1. The largest absolute Gasteiger partial charge is 0.349 e. The molecule has 116 valence electrons. The van der Waals surface area contributed by atoms with Crippen molar-refractivity contribution >= 4 is 5.91 Å². The summed E-state index contributed by atoms with van der Waals surface area (Å²) in [7, 11) is 0. The fourth-order valence-electron chi connectivity index (χ4n) is 3.60. The van der Waals surface area contributed by atoms with Gasteiger partial charge in [0.25, 0.3) is 0 Å². The molecule has 0 aromatic rings. The van der Waals surface area contributed by atoms with Gasteiger partial charge in [-0.2, -0.15) is 0 Å². The molecule has 0 spiro atoms. The lowest BCUT2D eigenvalue weighted by atomic mass is 9.73. The molecule has 2 atom stereocenters. The average molecular weight is 288 g/mol. The van der Waals surface area contributed by atoms with Crippen LogP contribution >= 0.6 is 0 Å². The number of rotatable bonds is 3. The molecule has 0 aromatic carbocycles. The lowest BCUT2D eigenvalue weighted by Gasteiger charge is -2.43. The normalized spacial score (nSPS) is 34.7. The van der Waals surface area contributed by atoms with Crippen LogP contribution < -0.4 is 11.1 Å². The van der Waals surface area contributed by atoms with E-state index < -0.39 is 5.92 Å². The van der Waals surface area contributed by atoms with Crippen molar-refractivity contribution in [1.29, 1.82) is 0 Å². The Hall–Kier alpha value is -0.710. The highest BCUT2D eigenvalue weighted by Crippen LogP contribution is 2.38. The van der Waals surface area contributed by atoms with Crippen LogP contribution in [0.15, 0.2) is 0 Å². The van der Waals surface area contributed by atoms with Crippen LogP contribution in [0.2, 0.25) is 0 Å². The van der Waals surface area contributed by atoms with Crippen LogP contribution in [0.5, 0.6) is 0 Å². The number of halogens is 2. The first-order chi connectivity index (χ1) is 9.38. The molecule has 1 amide bonds. The van der Waals surface area contributed by atoms with Crippen LogP contribution in [0.3, 0.4) is 0 Å². The maximum atomic E-state index is 13.2. The van der Waals surface area contributed by atoms with E-state index >= 15 is 0 Å². The average Bonchev–Trinajstić information content (AvgIpc) is 2.41. The van der Waals surface area contributed by atoms with Crippen molar-refractivity contribution in [2.45, 2.75) is 69.8 Å². The summed E-state index contributed by atoms with van der Waals surface area (Å²) in [5.74, 6) is -2.57. The first kappa shape index (κ1) is 15.7. The van der Waals surface area contributed by atoms with Gasteiger partial charge >= 0.3 is 0 Å². The molecule has 0 bridgehead atoms. The number of hydrogen-bond acceptors (Lipinski definition) is 2. The molecule has 2 unspecified atom stereocenters. The Bertz CT molecular complexity index is 352. The van der Waals surface area contributed by atoms with E-state index in [-0.39, 0.29) is 43.0 Å². The minimum Gasteiger partial charge on any atom is -0.349 e. The Morgan fingerprint density at radius 1 is 1.20 bits per heavy atom. The van der Waals surface area contributed by atoms with Gasteiger partial charge in [-0.3, -0.25) is 4.79 Å². The van der Waals surface area contributed by atoms with E-state index in [1.807, 2.05) is 0 Å². The molecule has 20 heavy (non-hydrogen) atoms. The molecule has 0 aromatic heterocycles. The summed E-state index contributed by atoms with van der Waals surface area (Å²) < 4.78 is 26.3. The summed E-state index contributed by atoms with van der Waals surface area (Å²) in [5, 5.41) is 3.12. The van der Waals surface area contributed by atoms with Crippen molar-refractivity contribution in [3.63, 3.8) is 0 Å². The highest BCUT2D eigenvalue weighted by atomic mass is 19.3. The van der Waals surface area contributed by atoms with Crippen molar-refractivity contribution in [2.24, 2.45) is 17.6 Å². The number of nitrogens with one attached hydrogen (secondary N) is 1. The number of nitrogens with two attached hydrogens (primary N) is 1. The van der Waals surface area contributed by atoms with Crippen LogP contribution in [-0.2, 0) is 4.79 Å². The molecule has 2 rings (SSSR count). The van der Waals surface area contributed by atoms with Gasteiger partial charge in [0, 0.05) is 25.3 Å². The summed E-state index contributed by atoms with van der Waals surface area (Å²) >= 11 is 0. The van der Waals surface area contributed by atoms with Gasteiger partial charge in [-0.15, -0.1) is 0 Å². The molecule has 5 heteroatoms. The van der Waals surface area contributed by atoms with Gasteiger partial charge in [0.15, 0.2) is 0 Å². The van der Waals surface area contributed by atoms with Gasteiger partial charge in [-0.25, -0.2) is 8.78 Å². The molecule has 2 saturated carbocycles. The van der Waals surface area contributed by atoms with Gasteiger partial charge < -0.3 is 11.1 Å². The molecule has 3 nitrogen and oxygen atoms in total. The fourth-order valence-corrected chi connectivity index (χ4v) is 3.60. The molecule has 0 radical (unpaired) electrons. The smallest absolute Gasteiger partial charge is 0.248 e. The Balaban J connectivity index is 1.96. The number of carbonyl (C=O) groups excluding carboxylic acids is 1. The maximum Gasteiger partial charge on any atom is 0.248 e. The van der Waals surface area contributed by atoms with Gasteiger partial charge in [0.2, 0.25) is 11.8 Å². The van der Waals surface area contributed by atoms with E-state index in [9.17, 15) is 13.6 Å². The van der Waals surface area contributed by atoms with Crippen LogP contribution in [0, 0.1) is 11.8 Å². The van der Waals surface area contributed by atoms with Crippen LogP contribution in [0.25, 0.3) is 0 Å². The van der Waals surface area contributed by atoms with Gasteiger partial charge in [0.1, 0.15) is 0 Å². The van der Waals surface area contributed by atoms with Crippen molar-refractivity contribution in [3.8, 4) is 0 Å². The second-order valence-electron chi connectivity index (χ2n) is 6.63. The van der Waals surface area contributed by atoms with E-state index in [2.05, 4.69) is 12.2 Å². The van der Waals surface area contributed by atoms with E-state index in [1.54, 1.807) is 0 Å². The quantitative estimate of drug-likeness (QED) is 0.839. The lowest BCUT2D eigenvalue weighted by molar-refractivity contribution is -0.132. The second-order valence-corrected chi connectivity index (χ2v) is 6.63. The van der Waals surface area contributed by atoms with Gasteiger partial charge in [0.05, 0.1) is 5.54 Å². The van der Waals surface area contributed by atoms with E-state index in [0.717, 1.165) is 19.3 Å². The molecule has 0 aliphatic heterocycles. The third-order valence-corrected chi connectivity index (χ3v) is 5.28. The number of hydrogen-bond donors (Lipinski definition) is 2.